The molecule has 1 amide bonds. The van der Waals surface area contributed by atoms with Crippen LogP contribution in [-0.4, -0.2) is 140 Å². The van der Waals surface area contributed by atoms with E-state index in [4.69, 9.17) is 18.9 Å². The fourth-order valence-electron chi connectivity index (χ4n) is 11.7. The molecule has 2 aliphatic rings. The Hall–Kier alpha value is -3.09. The number of ether oxygens (including phenoxy) is 4. The van der Waals surface area contributed by atoms with Gasteiger partial charge in [0.15, 0.2) is 12.6 Å². The second-order valence-electron chi connectivity index (χ2n) is 25.7. The maximum atomic E-state index is 13.3. The molecule has 0 aromatic rings. The molecule has 12 atom stereocenters. The van der Waals surface area contributed by atoms with Crippen LogP contribution in [0, 0.1) is 0 Å². The third kappa shape index (κ3) is 44.3. The van der Waals surface area contributed by atoms with Crippen molar-refractivity contribution in [2.45, 2.75) is 364 Å². The van der Waals surface area contributed by atoms with Crippen molar-refractivity contribution in [3.8, 4) is 0 Å². The Labute approximate surface area is 553 Å². The molecule has 0 aromatic heterocycles. The number of hydrogen-bond donors (Lipinski definition) is 9. The molecule has 0 spiro atoms. The third-order valence-electron chi connectivity index (χ3n) is 17.5. The maximum absolute atomic E-state index is 13.3. The molecule has 2 fully saturated rings. The van der Waals surface area contributed by atoms with E-state index in [2.05, 4.69) is 104 Å². The standard InChI is InChI=1S/C77H135NO13/c1-3-5-7-9-11-13-15-17-19-21-23-25-27-29-31-32-33-35-36-38-40-42-44-46-48-50-52-54-56-58-60-66(81)65(64-88-76-74(87)72(85)75(68(63-80)90-76)91-77-73(86)71(84)70(83)67(62-79)89-77)78-69(82)61-59-57-55-53-51-49-47-45-43-41-39-37-34-30-28-26-24-22-20-18-16-14-12-10-8-6-4-2/h6,8,12,14,18,20,24,26,30,34,39,41,50,52,58,60,65-68,70-77,79-81,83-87H,3-5,7,9-11,13,15-17,19,21-23,25,27-29,31-33,35-38,40,42-49,51,53-57,59,61-64H2,1-2H3,(H,78,82)/b8-6-,14-12-,20-18-,26-24-,34-30-,41-39-,52-50+,60-58+. The normalized spacial score (nSPS) is 23.4. The van der Waals surface area contributed by atoms with Gasteiger partial charge in [0.05, 0.1) is 32.0 Å². The largest absolute Gasteiger partial charge is 0.394 e. The summed E-state index contributed by atoms with van der Waals surface area (Å²) in [5.41, 5.74) is 0. The number of aliphatic hydroxyl groups excluding tert-OH is 8. The van der Waals surface area contributed by atoms with Gasteiger partial charge in [0, 0.05) is 6.42 Å². The molecule has 2 saturated heterocycles. The summed E-state index contributed by atoms with van der Waals surface area (Å²) in [6.45, 7) is 2.69. The smallest absolute Gasteiger partial charge is 0.220 e. The number of unbranched alkanes of at least 4 members (excludes halogenated alkanes) is 33. The van der Waals surface area contributed by atoms with Gasteiger partial charge in [-0.2, -0.15) is 0 Å². The molecular weight excluding hydrogens is 1150 g/mol. The number of allylic oxidation sites excluding steroid dienone is 15. The van der Waals surface area contributed by atoms with Crippen molar-refractivity contribution in [2.24, 2.45) is 0 Å². The molecule has 14 heteroatoms. The first-order valence-corrected chi connectivity index (χ1v) is 37.0. The number of hydrogen-bond acceptors (Lipinski definition) is 13. The SMILES string of the molecule is CC/C=C\C/C=C\C/C=C\C/C=C\C/C=C\C/C=C\CCCCCCCCCCC(=O)NC(COC1OC(CO)C(OC2OC(CO)C(O)C(O)C2O)C(O)C1O)C(O)/C=C/CC/C=C/CCCCCCCCCCCCCCCCCCCCCCCCCC. The molecule has 0 saturated carbocycles. The van der Waals surface area contributed by atoms with Crippen molar-refractivity contribution in [2.75, 3.05) is 19.8 Å². The number of aliphatic hydroxyl groups is 8. The number of carbonyl (C=O) groups is 1. The summed E-state index contributed by atoms with van der Waals surface area (Å²) in [6, 6.07) is -0.945. The zero-order valence-corrected chi connectivity index (χ0v) is 57.3. The third-order valence-corrected chi connectivity index (χ3v) is 17.5. The van der Waals surface area contributed by atoms with Gasteiger partial charge in [0.25, 0.3) is 0 Å². The Morgan fingerprint density at radius 3 is 1.21 bits per heavy atom. The van der Waals surface area contributed by atoms with Gasteiger partial charge in [-0.3, -0.25) is 4.79 Å². The van der Waals surface area contributed by atoms with E-state index in [0.29, 0.717) is 12.8 Å². The minimum Gasteiger partial charge on any atom is -0.394 e. The minimum atomic E-state index is -1.80. The topological polar surface area (TPSA) is 228 Å². The van der Waals surface area contributed by atoms with Crippen LogP contribution in [0.3, 0.4) is 0 Å². The summed E-state index contributed by atoms with van der Waals surface area (Å²) in [6.07, 6.45) is 69.0. The summed E-state index contributed by atoms with van der Waals surface area (Å²) >= 11 is 0. The van der Waals surface area contributed by atoms with Crippen LogP contribution in [0.15, 0.2) is 97.2 Å². The van der Waals surface area contributed by atoms with E-state index in [9.17, 15) is 45.6 Å². The summed E-state index contributed by atoms with van der Waals surface area (Å²) in [7, 11) is 0. The Bertz CT molecular complexity index is 1900. The first-order chi connectivity index (χ1) is 44.6. The number of nitrogens with one attached hydrogen (secondary N) is 1. The van der Waals surface area contributed by atoms with Gasteiger partial charge in [-0.25, -0.2) is 0 Å². The van der Waals surface area contributed by atoms with Crippen molar-refractivity contribution in [1.82, 2.24) is 5.32 Å². The Morgan fingerprint density at radius 1 is 0.407 bits per heavy atom. The highest BCUT2D eigenvalue weighted by Crippen LogP contribution is 2.30. The Balaban J connectivity index is 1.69. The zero-order valence-electron chi connectivity index (χ0n) is 57.3. The lowest BCUT2D eigenvalue weighted by molar-refractivity contribution is -0.359. The molecule has 0 radical (unpaired) electrons. The van der Waals surface area contributed by atoms with Crippen molar-refractivity contribution in [3.63, 3.8) is 0 Å². The van der Waals surface area contributed by atoms with Crippen molar-refractivity contribution in [3.05, 3.63) is 97.2 Å². The predicted octanol–water partition coefficient (Wildman–Crippen LogP) is 15.7. The highest BCUT2D eigenvalue weighted by atomic mass is 16.7. The van der Waals surface area contributed by atoms with Crippen molar-refractivity contribution >= 4 is 5.91 Å². The molecule has 0 aromatic carbocycles. The van der Waals surface area contributed by atoms with E-state index >= 15 is 0 Å². The summed E-state index contributed by atoms with van der Waals surface area (Å²) in [5, 5.41) is 87.5. The molecule has 12 unspecified atom stereocenters. The van der Waals surface area contributed by atoms with Crippen LogP contribution in [0.4, 0.5) is 0 Å². The van der Waals surface area contributed by atoms with Gasteiger partial charge in [0.1, 0.15) is 48.8 Å². The number of rotatable bonds is 60. The van der Waals surface area contributed by atoms with Crippen LogP contribution in [0.2, 0.25) is 0 Å². The van der Waals surface area contributed by atoms with E-state index in [1.54, 1.807) is 6.08 Å². The average molecular weight is 1280 g/mol. The second kappa shape index (κ2) is 60.6. The molecular formula is C77H135NO13. The first-order valence-electron chi connectivity index (χ1n) is 37.0. The van der Waals surface area contributed by atoms with Crippen molar-refractivity contribution in [1.29, 1.82) is 0 Å². The monoisotopic (exact) mass is 1280 g/mol. The van der Waals surface area contributed by atoms with Crippen LogP contribution in [0.25, 0.3) is 0 Å². The van der Waals surface area contributed by atoms with Gasteiger partial charge in [-0.05, 0) is 83.5 Å². The van der Waals surface area contributed by atoms with Gasteiger partial charge in [-0.15, -0.1) is 0 Å². The van der Waals surface area contributed by atoms with E-state index < -0.39 is 86.8 Å². The number of carbonyl (C=O) groups excluding carboxylic acids is 1. The lowest BCUT2D eigenvalue weighted by Crippen LogP contribution is -2.65. The summed E-state index contributed by atoms with van der Waals surface area (Å²) in [5.74, 6) is -0.259. The van der Waals surface area contributed by atoms with Gasteiger partial charge < -0.3 is 65.1 Å². The van der Waals surface area contributed by atoms with Gasteiger partial charge in [-0.1, -0.05) is 297 Å². The van der Waals surface area contributed by atoms with E-state index in [-0.39, 0.29) is 18.9 Å². The van der Waals surface area contributed by atoms with Crippen LogP contribution >= 0.6 is 0 Å². The Morgan fingerprint density at radius 2 is 0.769 bits per heavy atom. The summed E-state index contributed by atoms with van der Waals surface area (Å²) < 4.78 is 22.9. The van der Waals surface area contributed by atoms with Crippen LogP contribution in [0.5, 0.6) is 0 Å². The van der Waals surface area contributed by atoms with Crippen LogP contribution < -0.4 is 5.32 Å². The molecule has 2 heterocycles. The average Bonchev–Trinajstić information content (AvgIpc) is 1.07. The maximum Gasteiger partial charge on any atom is 0.220 e. The quantitative estimate of drug-likeness (QED) is 0.0204. The predicted molar refractivity (Wildman–Crippen MR) is 373 cm³/mol. The van der Waals surface area contributed by atoms with Crippen LogP contribution in [-0.2, 0) is 23.7 Å². The van der Waals surface area contributed by atoms with Gasteiger partial charge >= 0.3 is 0 Å². The molecule has 14 nitrogen and oxygen atoms in total. The lowest BCUT2D eigenvalue weighted by atomic mass is 9.97. The Kier molecular flexibility index (Phi) is 55.9. The molecule has 2 rings (SSSR count). The molecule has 91 heavy (non-hydrogen) atoms. The second-order valence-corrected chi connectivity index (χ2v) is 25.7. The fourth-order valence-corrected chi connectivity index (χ4v) is 11.7. The van der Waals surface area contributed by atoms with Crippen LogP contribution in [0.1, 0.15) is 290 Å². The zero-order chi connectivity index (χ0) is 65.9. The first kappa shape index (κ1) is 84.0. The molecule has 9 N–H and O–H groups in total. The van der Waals surface area contributed by atoms with E-state index in [1.165, 1.54) is 173 Å². The fraction of sp³-hybridized carbons (Fsp3) is 0.779. The molecule has 526 valence electrons. The number of amides is 1. The highest BCUT2D eigenvalue weighted by molar-refractivity contribution is 5.76. The highest BCUT2D eigenvalue weighted by Gasteiger charge is 2.51. The van der Waals surface area contributed by atoms with E-state index in [1.807, 2.05) is 6.08 Å². The molecule has 0 aliphatic carbocycles. The molecule has 2 aliphatic heterocycles. The van der Waals surface area contributed by atoms with E-state index in [0.717, 1.165) is 83.5 Å². The van der Waals surface area contributed by atoms with Gasteiger partial charge in [0.2, 0.25) is 5.91 Å². The van der Waals surface area contributed by atoms with Crippen molar-refractivity contribution < 1.29 is 64.6 Å². The minimum absolute atomic E-state index is 0.258. The molecule has 0 bridgehead atoms. The lowest BCUT2D eigenvalue weighted by Gasteiger charge is -2.46. The summed E-state index contributed by atoms with van der Waals surface area (Å²) in [4.78, 5) is 13.3.